The largest absolute Gasteiger partial charge is 0.490 e. The van der Waals surface area contributed by atoms with Crippen LogP contribution in [0.25, 0.3) is 0 Å². The summed E-state index contributed by atoms with van der Waals surface area (Å²) >= 11 is 1.23. The van der Waals surface area contributed by atoms with E-state index in [1.54, 1.807) is 24.4 Å². The molecule has 8 heteroatoms. The van der Waals surface area contributed by atoms with Gasteiger partial charge in [-0.25, -0.2) is 9.78 Å². The molecule has 0 aliphatic rings. The molecule has 0 unspecified atom stereocenters. The van der Waals surface area contributed by atoms with Gasteiger partial charge in [-0.15, -0.1) is 11.3 Å². The van der Waals surface area contributed by atoms with Gasteiger partial charge in [0, 0.05) is 11.1 Å². The summed E-state index contributed by atoms with van der Waals surface area (Å²) in [5.74, 6) is -0.931. The van der Waals surface area contributed by atoms with Crippen molar-refractivity contribution in [2.24, 2.45) is 5.92 Å². The van der Waals surface area contributed by atoms with Crippen LogP contribution in [-0.2, 0) is 9.53 Å². The minimum atomic E-state index is -1.05. The lowest BCUT2D eigenvalue weighted by atomic mass is 10.1. The smallest absolute Gasteiger partial charge is 0.338 e. The molecule has 0 fully saturated rings. The molecular weight excluding hydrogens is 392 g/mol. The first-order chi connectivity index (χ1) is 13.8. The number of Topliss-reactive ketones (excluding diaryl/α,β-unsaturated/α-hetero) is 1. The fourth-order valence-electron chi connectivity index (χ4n) is 2.35. The summed E-state index contributed by atoms with van der Waals surface area (Å²) in [6.07, 6.45) is 0. The number of aryl methyl sites for hydroxylation is 1. The van der Waals surface area contributed by atoms with Crippen molar-refractivity contribution in [1.82, 2.24) is 4.98 Å². The van der Waals surface area contributed by atoms with Crippen LogP contribution in [0, 0.1) is 24.2 Å². The monoisotopic (exact) mass is 416 g/mol. The SMILES string of the molecule is CCOc1cc(C(=O)OCC(=O)[C@@H](C#N)c2nc(C)cs2)ccc1OCC(C)C. The Kier molecular flexibility index (Phi) is 8.16. The van der Waals surface area contributed by atoms with Crippen LogP contribution in [0.1, 0.15) is 47.7 Å². The number of carbonyl (C=O) groups excluding carboxylic acids is 2. The molecule has 1 heterocycles. The van der Waals surface area contributed by atoms with Crippen molar-refractivity contribution in [2.75, 3.05) is 19.8 Å². The summed E-state index contributed by atoms with van der Waals surface area (Å²) in [7, 11) is 0. The number of rotatable bonds is 10. The molecule has 0 spiro atoms. The molecule has 29 heavy (non-hydrogen) atoms. The minimum Gasteiger partial charge on any atom is -0.490 e. The van der Waals surface area contributed by atoms with E-state index in [1.807, 2.05) is 26.8 Å². The van der Waals surface area contributed by atoms with E-state index in [0.717, 1.165) is 5.69 Å². The zero-order valence-electron chi connectivity index (χ0n) is 16.9. The second-order valence-corrected chi connectivity index (χ2v) is 7.62. The Balaban J connectivity index is 2.05. The Hall–Kier alpha value is -2.92. The highest BCUT2D eigenvalue weighted by Gasteiger charge is 2.25. The second-order valence-electron chi connectivity index (χ2n) is 6.73. The molecule has 0 radical (unpaired) electrons. The summed E-state index contributed by atoms with van der Waals surface area (Å²) in [6.45, 7) is 8.10. The van der Waals surface area contributed by atoms with Gasteiger partial charge in [-0.1, -0.05) is 13.8 Å². The maximum Gasteiger partial charge on any atom is 0.338 e. The summed E-state index contributed by atoms with van der Waals surface area (Å²) < 4.78 is 16.4. The quantitative estimate of drug-likeness (QED) is 0.541. The molecule has 1 atom stereocenters. The molecule has 0 aliphatic heterocycles. The van der Waals surface area contributed by atoms with Crippen LogP contribution in [0.5, 0.6) is 11.5 Å². The number of esters is 1. The van der Waals surface area contributed by atoms with Crippen molar-refractivity contribution >= 4 is 23.1 Å². The number of ether oxygens (including phenoxy) is 3. The number of hydrogen-bond donors (Lipinski definition) is 0. The van der Waals surface area contributed by atoms with Gasteiger partial charge in [0.15, 0.2) is 29.8 Å². The first-order valence-corrected chi connectivity index (χ1v) is 10.1. The van der Waals surface area contributed by atoms with Crippen LogP contribution in [0.15, 0.2) is 23.6 Å². The normalized spacial score (nSPS) is 11.6. The summed E-state index contributed by atoms with van der Waals surface area (Å²) in [4.78, 5) is 28.8. The van der Waals surface area contributed by atoms with Crippen LogP contribution in [0.2, 0.25) is 0 Å². The van der Waals surface area contributed by atoms with Gasteiger partial charge < -0.3 is 14.2 Å². The summed E-state index contributed by atoms with van der Waals surface area (Å²) in [6, 6.07) is 6.64. The zero-order chi connectivity index (χ0) is 21.4. The lowest BCUT2D eigenvalue weighted by Gasteiger charge is -2.14. The Morgan fingerprint density at radius 2 is 2.00 bits per heavy atom. The molecule has 0 bridgehead atoms. The molecular formula is C21H24N2O5S. The van der Waals surface area contributed by atoms with Gasteiger partial charge in [0.25, 0.3) is 0 Å². The van der Waals surface area contributed by atoms with Crippen LogP contribution in [-0.4, -0.2) is 36.6 Å². The number of nitrogens with zero attached hydrogens (tertiary/aromatic N) is 2. The lowest BCUT2D eigenvalue weighted by molar-refractivity contribution is -0.122. The van der Waals surface area contributed by atoms with E-state index in [1.165, 1.54) is 17.4 Å². The lowest BCUT2D eigenvalue weighted by Crippen LogP contribution is -2.20. The van der Waals surface area contributed by atoms with Gasteiger partial charge in [0.2, 0.25) is 0 Å². The molecule has 2 aromatic rings. The number of hydrogen-bond acceptors (Lipinski definition) is 8. The van der Waals surface area contributed by atoms with Crippen molar-refractivity contribution in [3.05, 3.63) is 39.8 Å². The second kappa shape index (κ2) is 10.6. The van der Waals surface area contributed by atoms with E-state index in [4.69, 9.17) is 14.2 Å². The third kappa shape index (κ3) is 6.29. The van der Waals surface area contributed by atoms with Gasteiger partial charge in [0.05, 0.1) is 24.8 Å². The van der Waals surface area contributed by atoms with Crippen molar-refractivity contribution in [3.63, 3.8) is 0 Å². The number of thiazole rings is 1. The van der Waals surface area contributed by atoms with Gasteiger partial charge in [-0.05, 0) is 38.0 Å². The topological polar surface area (TPSA) is 98.5 Å². The molecule has 1 aromatic heterocycles. The Labute approximate surface area is 174 Å². The number of aromatic nitrogens is 1. The summed E-state index contributed by atoms with van der Waals surface area (Å²) in [5, 5.41) is 11.4. The Bertz CT molecular complexity index is 901. The zero-order valence-corrected chi connectivity index (χ0v) is 17.7. The average Bonchev–Trinajstić information content (AvgIpc) is 3.11. The highest BCUT2D eigenvalue weighted by Crippen LogP contribution is 2.29. The maximum absolute atomic E-state index is 12.4. The predicted octanol–water partition coefficient (Wildman–Crippen LogP) is 3.92. The first kappa shape index (κ1) is 22.4. The molecule has 7 nitrogen and oxygen atoms in total. The highest BCUT2D eigenvalue weighted by atomic mass is 32.1. The van der Waals surface area contributed by atoms with Gasteiger partial charge in [0.1, 0.15) is 5.01 Å². The third-order valence-corrected chi connectivity index (χ3v) is 4.76. The van der Waals surface area contributed by atoms with Gasteiger partial charge >= 0.3 is 5.97 Å². The van der Waals surface area contributed by atoms with Crippen molar-refractivity contribution < 1.29 is 23.8 Å². The number of ketones is 1. The molecule has 2 rings (SSSR count). The first-order valence-electron chi connectivity index (χ1n) is 9.26. The fourth-order valence-corrected chi connectivity index (χ4v) is 3.21. The van der Waals surface area contributed by atoms with Crippen LogP contribution in [0.3, 0.4) is 0 Å². The van der Waals surface area contributed by atoms with Crippen molar-refractivity contribution in [3.8, 4) is 17.6 Å². The highest BCUT2D eigenvalue weighted by molar-refractivity contribution is 7.09. The van der Waals surface area contributed by atoms with Gasteiger partial charge in [-0.2, -0.15) is 5.26 Å². The standard InChI is InChI=1S/C21H24N2O5S/c1-5-26-19-8-15(6-7-18(19)27-10-13(2)3)21(25)28-11-17(24)16(9-22)20-23-14(4)12-29-20/h6-8,12-13,16H,5,10-11H2,1-4H3/t16-/m1/s1. The minimum absolute atomic E-state index is 0.233. The van der Waals surface area contributed by atoms with Crippen molar-refractivity contribution in [2.45, 2.75) is 33.6 Å². The number of carbonyl (C=O) groups is 2. The third-order valence-electron chi connectivity index (χ3n) is 3.73. The van der Waals surface area contributed by atoms with Crippen LogP contribution < -0.4 is 9.47 Å². The van der Waals surface area contributed by atoms with E-state index in [0.29, 0.717) is 35.6 Å². The van der Waals surface area contributed by atoms with E-state index in [-0.39, 0.29) is 5.56 Å². The fraction of sp³-hybridized carbons (Fsp3) is 0.429. The summed E-state index contributed by atoms with van der Waals surface area (Å²) in [5.41, 5.74) is 0.968. The van der Waals surface area contributed by atoms with Crippen LogP contribution in [0.4, 0.5) is 0 Å². The maximum atomic E-state index is 12.4. The van der Waals surface area contributed by atoms with E-state index in [9.17, 15) is 14.9 Å². The molecule has 0 N–H and O–H groups in total. The molecule has 154 valence electrons. The average molecular weight is 416 g/mol. The van der Waals surface area contributed by atoms with Gasteiger partial charge in [-0.3, -0.25) is 4.79 Å². The van der Waals surface area contributed by atoms with E-state index >= 15 is 0 Å². The van der Waals surface area contributed by atoms with Crippen molar-refractivity contribution in [1.29, 1.82) is 5.26 Å². The molecule has 0 saturated heterocycles. The van der Waals surface area contributed by atoms with E-state index < -0.39 is 24.3 Å². The molecule has 0 amide bonds. The Morgan fingerprint density at radius 1 is 1.24 bits per heavy atom. The number of benzene rings is 1. The van der Waals surface area contributed by atoms with E-state index in [2.05, 4.69) is 4.98 Å². The van der Waals surface area contributed by atoms with Crippen LogP contribution >= 0.6 is 11.3 Å². The molecule has 0 saturated carbocycles. The molecule has 0 aliphatic carbocycles. The molecule has 1 aromatic carbocycles. The number of nitriles is 1. The Morgan fingerprint density at radius 3 is 2.59 bits per heavy atom. The predicted molar refractivity (Wildman–Crippen MR) is 108 cm³/mol.